The summed E-state index contributed by atoms with van der Waals surface area (Å²) in [4.78, 5) is 37.9. The van der Waals surface area contributed by atoms with Crippen LogP contribution in [0.15, 0.2) is 36.4 Å². The third-order valence-electron chi connectivity index (χ3n) is 2.74. The number of hydrogen-bond donors (Lipinski definition) is 3. The first-order valence-corrected chi connectivity index (χ1v) is 6.29. The van der Waals surface area contributed by atoms with E-state index in [2.05, 4.69) is 15.8 Å². The molecule has 7 nitrogen and oxygen atoms in total. The Kier molecular flexibility index (Phi) is 4.45. The van der Waals surface area contributed by atoms with Gasteiger partial charge in [0.25, 0.3) is 5.91 Å². The fourth-order valence-electron chi connectivity index (χ4n) is 1.68. The van der Waals surface area contributed by atoms with Crippen molar-refractivity contribution in [3.8, 4) is 0 Å². The van der Waals surface area contributed by atoms with Gasteiger partial charge in [0.2, 0.25) is 11.8 Å². The number of carbonyl (C=O) groups excluding carboxylic acids is 3. The van der Waals surface area contributed by atoms with Crippen molar-refractivity contribution < 1.29 is 14.4 Å². The smallest absolute Gasteiger partial charge is 0.288 e. The molecular formula is C14H14N4O3. The summed E-state index contributed by atoms with van der Waals surface area (Å²) in [5, 5.41) is 0.916. The van der Waals surface area contributed by atoms with Crippen molar-refractivity contribution in [3.05, 3.63) is 42.1 Å². The Morgan fingerprint density at radius 3 is 2.52 bits per heavy atom. The lowest BCUT2D eigenvalue weighted by molar-refractivity contribution is -0.125. The quantitative estimate of drug-likeness (QED) is 0.699. The number of amides is 3. The van der Waals surface area contributed by atoms with Crippen LogP contribution in [-0.2, 0) is 9.59 Å². The minimum absolute atomic E-state index is 0.0735. The number of aromatic nitrogens is 1. The van der Waals surface area contributed by atoms with Crippen LogP contribution >= 0.6 is 0 Å². The lowest BCUT2D eigenvalue weighted by atomic mass is 10.2. The van der Waals surface area contributed by atoms with Crippen molar-refractivity contribution in [2.45, 2.75) is 12.8 Å². The van der Waals surface area contributed by atoms with Gasteiger partial charge in [-0.15, -0.1) is 0 Å². The van der Waals surface area contributed by atoms with Crippen LogP contribution < -0.4 is 16.6 Å². The molecule has 0 atom stereocenters. The number of fused-ring (bicyclic) bond motifs is 1. The van der Waals surface area contributed by atoms with Gasteiger partial charge >= 0.3 is 0 Å². The highest BCUT2D eigenvalue weighted by Gasteiger charge is 2.10. The predicted molar refractivity (Wildman–Crippen MR) is 75.8 cm³/mol. The fraction of sp³-hybridized carbons (Fsp3) is 0.143. The molecule has 0 aliphatic rings. The van der Waals surface area contributed by atoms with Gasteiger partial charge in [-0.25, -0.2) is 4.98 Å². The van der Waals surface area contributed by atoms with E-state index in [9.17, 15) is 14.4 Å². The number of pyridine rings is 1. The zero-order valence-electron chi connectivity index (χ0n) is 11.1. The van der Waals surface area contributed by atoms with Crippen molar-refractivity contribution in [2.75, 3.05) is 0 Å². The lowest BCUT2D eigenvalue weighted by Gasteiger charge is -2.07. The predicted octanol–water partition coefficient (Wildman–Crippen LogP) is 0.261. The number of hydrazine groups is 1. The molecule has 0 unspecified atom stereocenters. The summed E-state index contributed by atoms with van der Waals surface area (Å²) in [7, 11) is 0. The highest BCUT2D eigenvalue weighted by Crippen LogP contribution is 2.11. The SMILES string of the molecule is NC(=O)CCC(=O)NNC(=O)c1ccc2ccccc2n1. The van der Waals surface area contributed by atoms with Crippen LogP contribution in [0.5, 0.6) is 0 Å². The second-order valence-corrected chi connectivity index (χ2v) is 4.36. The van der Waals surface area contributed by atoms with E-state index in [4.69, 9.17) is 5.73 Å². The van der Waals surface area contributed by atoms with Gasteiger partial charge in [0.1, 0.15) is 5.69 Å². The topological polar surface area (TPSA) is 114 Å². The third kappa shape index (κ3) is 4.00. The summed E-state index contributed by atoms with van der Waals surface area (Å²) in [5.74, 6) is -1.61. The molecule has 0 saturated heterocycles. The van der Waals surface area contributed by atoms with Crippen LogP contribution in [0.25, 0.3) is 10.9 Å². The Bertz CT molecular complexity index is 699. The number of nitrogens with two attached hydrogens (primary N) is 1. The number of rotatable bonds is 4. The maximum Gasteiger partial charge on any atom is 0.288 e. The average Bonchev–Trinajstić information content (AvgIpc) is 2.50. The van der Waals surface area contributed by atoms with Crippen molar-refractivity contribution in [3.63, 3.8) is 0 Å². The molecule has 0 spiro atoms. The van der Waals surface area contributed by atoms with Gasteiger partial charge in [0.15, 0.2) is 0 Å². The molecule has 21 heavy (non-hydrogen) atoms. The number of primary amides is 1. The Labute approximate surface area is 120 Å². The summed E-state index contributed by atoms with van der Waals surface area (Å²) < 4.78 is 0. The first kappa shape index (κ1) is 14.4. The van der Waals surface area contributed by atoms with Crippen LogP contribution in [0, 0.1) is 0 Å². The number of para-hydroxylation sites is 1. The van der Waals surface area contributed by atoms with Crippen LogP contribution in [0.1, 0.15) is 23.3 Å². The molecule has 1 aromatic carbocycles. The van der Waals surface area contributed by atoms with Crippen molar-refractivity contribution >= 4 is 28.6 Å². The molecule has 7 heteroatoms. The van der Waals surface area contributed by atoms with Crippen LogP contribution in [0.2, 0.25) is 0 Å². The van der Waals surface area contributed by atoms with Crippen molar-refractivity contribution in [1.29, 1.82) is 0 Å². The molecular weight excluding hydrogens is 272 g/mol. The maximum absolute atomic E-state index is 11.9. The van der Waals surface area contributed by atoms with Crippen LogP contribution in [0.3, 0.4) is 0 Å². The number of nitrogens with zero attached hydrogens (tertiary/aromatic N) is 1. The molecule has 4 N–H and O–H groups in total. The van der Waals surface area contributed by atoms with Gasteiger partial charge in [0, 0.05) is 18.2 Å². The monoisotopic (exact) mass is 286 g/mol. The van der Waals surface area contributed by atoms with Gasteiger partial charge < -0.3 is 5.73 Å². The zero-order valence-corrected chi connectivity index (χ0v) is 11.1. The lowest BCUT2D eigenvalue weighted by Crippen LogP contribution is -2.42. The summed E-state index contributed by atoms with van der Waals surface area (Å²) in [6.07, 6.45) is -0.156. The van der Waals surface area contributed by atoms with Crippen molar-refractivity contribution in [1.82, 2.24) is 15.8 Å². The molecule has 2 rings (SSSR count). The second-order valence-electron chi connectivity index (χ2n) is 4.36. The molecule has 0 saturated carbocycles. The Morgan fingerprint density at radius 1 is 1.00 bits per heavy atom. The van der Waals surface area contributed by atoms with E-state index in [0.717, 1.165) is 5.39 Å². The van der Waals surface area contributed by atoms with E-state index in [0.29, 0.717) is 5.52 Å². The van der Waals surface area contributed by atoms with Crippen molar-refractivity contribution in [2.24, 2.45) is 5.73 Å². The van der Waals surface area contributed by atoms with E-state index < -0.39 is 17.7 Å². The zero-order chi connectivity index (χ0) is 15.2. The maximum atomic E-state index is 11.9. The Morgan fingerprint density at radius 2 is 1.76 bits per heavy atom. The molecule has 0 fully saturated rings. The minimum Gasteiger partial charge on any atom is -0.370 e. The first-order chi connectivity index (χ1) is 10.1. The summed E-state index contributed by atoms with van der Waals surface area (Å²) in [5.41, 5.74) is 10.2. The molecule has 2 aromatic rings. The normalized spacial score (nSPS) is 10.1. The fourth-order valence-corrected chi connectivity index (χ4v) is 1.68. The molecule has 0 radical (unpaired) electrons. The van der Waals surface area contributed by atoms with Gasteiger partial charge in [-0.2, -0.15) is 0 Å². The van der Waals surface area contributed by atoms with Crippen LogP contribution in [0.4, 0.5) is 0 Å². The number of hydrogen-bond acceptors (Lipinski definition) is 4. The van der Waals surface area contributed by atoms with Gasteiger partial charge in [-0.05, 0) is 12.1 Å². The molecule has 3 amide bonds. The molecule has 1 heterocycles. The van der Waals surface area contributed by atoms with E-state index in [1.165, 1.54) is 0 Å². The number of nitrogens with one attached hydrogen (secondary N) is 2. The molecule has 0 bridgehead atoms. The summed E-state index contributed by atoms with van der Waals surface area (Å²) >= 11 is 0. The molecule has 0 aliphatic heterocycles. The van der Waals surface area contributed by atoms with Gasteiger partial charge in [0.05, 0.1) is 5.52 Å². The minimum atomic E-state index is -0.576. The highest BCUT2D eigenvalue weighted by atomic mass is 16.2. The second kappa shape index (κ2) is 6.47. The first-order valence-electron chi connectivity index (χ1n) is 6.29. The Hall–Kier alpha value is -2.96. The number of carbonyl (C=O) groups is 3. The van der Waals surface area contributed by atoms with Gasteiger partial charge in [-0.1, -0.05) is 24.3 Å². The largest absolute Gasteiger partial charge is 0.370 e. The third-order valence-corrected chi connectivity index (χ3v) is 2.74. The Balaban J connectivity index is 1.95. The molecule has 1 aromatic heterocycles. The molecule has 108 valence electrons. The average molecular weight is 286 g/mol. The summed E-state index contributed by atoms with van der Waals surface area (Å²) in [6.45, 7) is 0. The van der Waals surface area contributed by atoms with E-state index >= 15 is 0 Å². The van der Waals surface area contributed by atoms with E-state index in [1.807, 2.05) is 18.2 Å². The summed E-state index contributed by atoms with van der Waals surface area (Å²) in [6, 6.07) is 10.7. The highest BCUT2D eigenvalue weighted by molar-refractivity contribution is 5.96. The number of benzene rings is 1. The van der Waals surface area contributed by atoms with Crippen LogP contribution in [-0.4, -0.2) is 22.7 Å². The van der Waals surface area contributed by atoms with E-state index in [-0.39, 0.29) is 18.5 Å². The standard InChI is InChI=1S/C14H14N4O3/c15-12(19)7-8-13(20)17-18-14(21)11-6-5-9-3-1-2-4-10(9)16-11/h1-6H,7-8H2,(H2,15,19)(H,17,20)(H,18,21). The van der Waals surface area contributed by atoms with E-state index in [1.54, 1.807) is 18.2 Å². The molecule has 0 aliphatic carbocycles. The van der Waals surface area contributed by atoms with Gasteiger partial charge in [-0.3, -0.25) is 25.2 Å².